The van der Waals surface area contributed by atoms with Crippen LogP contribution in [0.1, 0.15) is 23.2 Å². The molecule has 0 aliphatic rings. The number of carbonyl (C=O) groups excluding carboxylic acids is 1. The van der Waals surface area contributed by atoms with Crippen LogP contribution in [-0.4, -0.2) is 18.1 Å². The summed E-state index contributed by atoms with van der Waals surface area (Å²) in [5.74, 6) is -0.620. The van der Waals surface area contributed by atoms with Crippen LogP contribution in [0.3, 0.4) is 0 Å². The molecule has 0 radical (unpaired) electrons. The first-order valence-corrected chi connectivity index (χ1v) is 6.19. The summed E-state index contributed by atoms with van der Waals surface area (Å²) < 4.78 is 30.6. The molecule has 7 heteroatoms. The van der Waals surface area contributed by atoms with Crippen LogP contribution in [0, 0.1) is 3.57 Å². The van der Waals surface area contributed by atoms with Crippen LogP contribution in [0.5, 0.6) is 0 Å². The fraction of sp³-hybridized carbons (Fsp3) is 0.400. The number of halogens is 4. The zero-order valence-electron chi connectivity index (χ0n) is 8.84. The van der Waals surface area contributed by atoms with Crippen molar-refractivity contribution in [2.24, 2.45) is 0 Å². The number of pyridine rings is 1. The lowest BCUT2D eigenvalue weighted by molar-refractivity contribution is -0.139. The van der Waals surface area contributed by atoms with Gasteiger partial charge >= 0.3 is 5.97 Å². The van der Waals surface area contributed by atoms with Gasteiger partial charge in [-0.2, -0.15) is 0 Å². The first-order chi connectivity index (χ1) is 8.01. The average Bonchev–Trinajstić information content (AvgIpc) is 2.28. The second-order valence-corrected chi connectivity index (χ2v) is 4.56. The first-order valence-electron chi connectivity index (χ1n) is 4.58. The van der Waals surface area contributed by atoms with Crippen molar-refractivity contribution in [2.45, 2.75) is 18.7 Å². The molecule has 0 unspecified atom stereocenters. The van der Waals surface area contributed by atoms with Crippen molar-refractivity contribution >= 4 is 40.2 Å². The third-order valence-corrected chi connectivity index (χ3v) is 3.27. The molecular formula is C10H9ClF2INO2. The van der Waals surface area contributed by atoms with E-state index in [1.807, 2.05) is 0 Å². The predicted molar refractivity (Wildman–Crippen MR) is 67.2 cm³/mol. The molecule has 0 fully saturated rings. The zero-order valence-corrected chi connectivity index (χ0v) is 11.8. The number of esters is 1. The van der Waals surface area contributed by atoms with E-state index < -0.39 is 12.4 Å². The van der Waals surface area contributed by atoms with Crippen molar-refractivity contribution in [1.82, 2.24) is 4.98 Å². The molecule has 0 spiro atoms. The smallest absolute Gasteiger partial charge is 0.310 e. The van der Waals surface area contributed by atoms with E-state index in [0.717, 1.165) is 0 Å². The molecule has 0 bridgehead atoms. The van der Waals surface area contributed by atoms with Gasteiger partial charge in [0.15, 0.2) is 0 Å². The van der Waals surface area contributed by atoms with Gasteiger partial charge in [0.25, 0.3) is 6.43 Å². The number of aromatic nitrogens is 1. The molecule has 3 nitrogen and oxygen atoms in total. The molecule has 0 amide bonds. The Morgan fingerprint density at radius 2 is 2.29 bits per heavy atom. The molecule has 0 saturated carbocycles. The number of hydrogen-bond donors (Lipinski definition) is 0. The second kappa shape index (κ2) is 6.44. The molecule has 0 N–H and O–H groups in total. The van der Waals surface area contributed by atoms with E-state index in [1.165, 1.54) is 13.3 Å². The minimum absolute atomic E-state index is 0.0248. The minimum Gasteiger partial charge on any atom is -0.469 e. The Balaban J connectivity index is 3.29. The monoisotopic (exact) mass is 375 g/mol. The minimum atomic E-state index is -2.67. The van der Waals surface area contributed by atoms with Gasteiger partial charge in [-0.3, -0.25) is 9.78 Å². The molecule has 1 aromatic heterocycles. The summed E-state index contributed by atoms with van der Waals surface area (Å²) in [4.78, 5) is 15.1. The van der Waals surface area contributed by atoms with Crippen LogP contribution in [0.15, 0.2) is 6.20 Å². The summed E-state index contributed by atoms with van der Waals surface area (Å²) in [5, 5.41) is 0. The van der Waals surface area contributed by atoms with Gasteiger partial charge < -0.3 is 4.74 Å². The van der Waals surface area contributed by atoms with Crippen molar-refractivity contribution in [3.8, 4) is 0 Å². The van der Waals surface area contributed by atoms with Crippen LogP contribution >= 0.6 is 34.2 Å². The van der Waals surface area contributed by atoms with E-state index in [-0.39, 0.29) is 29.1 Å². The Morgan fingerprint density at radius 1 is 1.65 bits per heavy atom. The SMILES string of the molecule is COC(=O)Cc1c(CCl)ncc(I)c1C(F)F. The quantitative estimate of drug-likeness (QED) is 0.461. The van der Waals surface area contributed by atoms with E-state index in [9.17, 15) is 13.6 Å². The number of alkyl halides is 3. The maximum Gasteiger partial charge on any atom is 0.310 e. The Labute approximate surface area is 116 Å². The molecule has 0 aliphatic carbocycles. The summed E-state index contributed by atoms with van der Waals surface area (Å²) in [6.45, 7) is 0. The second-order valence-electron chi connectivity index (χ2n) is 3.13. The van der Waals surface area contributed by atoms with Crippen LogP contribution in [0.2, 0.25) is 0 Å². The Hall–Kier alpha value is -0.500. The summed E-state index contributed by atoms with van der Waals surface area (Å²) in [6.07, 6.45) is -1.60. The van der Waals surface area contributed by atoms with Crippen LogP contribution in [0.25, 0.3) is 0 Å². The van der Waals surface area contributed by atoms with Gasteiger partial charge in [-0.15, -0.1) is 11.6 Å². The van der Waals surface area contributed by atoms with Gasteiger partial charge in [-0.1, -0.05) is 0 Å². The highest BCUT2D eigenvalue weighted by Crippen LogP contribution is 2.30. The maximum atomic E-state index is 12.9. The summed E-state index contributed by atoms with van der Waals surface area (Å²) in [6, 6.07) is 0. The Kier molecular flexibility index (Phi) is 5.51. The first kappa shape index (κ1) is 14.6. The van der Waals surface area contributed by atoms with Gasteiger partial charge in [0.1, 0.15) is 0 Å². The molecule has 0 aliphatic heterocycles. The number of hydrogen-bond acceptors (Lipinski definition) is 3. The van der Waals surface area contributed by atoms with Gasteiger partial charge in [0.2, 0.25) is 0 Å². The molecule has 0 saturated heterocycles. The topological polar surface area (TPSA) is 39.2 Å². The molecule has 1 aromatic rings. The van der Waals surface area contributed by atoms with E-state index in [2.05, 4.69) is 9.72 Å². The Morgan fingerprint density at radius 3 is 2.76 bits per heavy atom. The lowest BCUT2D eigenvalue weighted by Gasteiger charge is -2.13. The summed E-state index contributed by atoms with van der Waals surface area (Å²) in [5.41, 5.74) is 0.253. The fourth-order valence-electron chi connectivity index (χ4n) is 1.35. The van der Waals surface area contributed by atoms with E-state index in [0.29, 0.717) is 3.57 Å². The van der Waals surface area contributed by atoms with Crippen molar-refractivity contribution in [1.29, 1.82) is 0 Å². The molecule has 0 atom stereocenters. The molecule has 94 valence electrons. The van der Waals surface area contributed by atoms with Crippen molar-refractivity contribution in [2.75, 3.05) is 7.11 Å². The average molecular weight is 376 g/mol. The number of rotatable bonds is 4. The van der Waals surface area contributed by atoms with Crippen molar-refractivity contribution in [3.63, 3.8) is 0 Å². The highest BCUT2D eigenvalue weighted by atomic mass is 127. The third-order valence-electron chi connectivity index (χ3n) is 2.16. The maximum absolute atomic E-state index is 12.9. The zero-order chi connectivity index (χ0) is 13.0. The normalized spacial score (nSPS) is 10.7. The predicted octanol–water partition coefficient (Wildman–Crippen LogP) is 3.08. The highest BCUT2D eigenvalue weighted by Gasteiger charge is 2.22. The highest BCUT2D eigenvalue weighted by molar-refractivity contribution is 14.1. The van der Waals surface area contributed by atoms with Crippen LogP contribution in [0.4, 0.5) is 8.78 Å². The molecule has 17 heavy (non-hydrogen) atoms. The summed E-state index contributed by atoms with van der Waals surface area (Å²) >= 11 is 7.38. The van der Waals surface area contributed by atoms with Crippen molar-refractivity contribution < 1.29 is 18.3 Å². The van der Waals surface area contributed by atoms with Crippen molar-refractivity contribution in [3.05, 3.63) is 26.6 Å². The van der Waals surface area contributed by atoms with Crippen LogP contribution < -0.4 is 0 Å². The molecular weight excluding hydrogens is 366 g/mol. The lowest BCUT2D eigenvalue weighted by Crippen LogP contribution is -2.12. The van der Waals surface area contributed by atoms with Gasteiger partial charge in [0.05, 0.1) is 25.1 Å². The van der Waals surface area contributed by atoms with Crippen LogP contribution in [-0.2, 0) is 21.8 Å². The Bertz CT molecular complexity index is 429. The third kappa shape index (κ3) is 3.48. The van der Waals surface area contributed by atoms with E-state index >= 15 is 0 Å². The van der Waals surface area contributed by atoms with E-state index in [1.54, 1.807) is 22.6 Å². The number of nitrogens with zero attached hydrogens (tertiary/aromatic N) is 1. The number of carbonyl (C=O) groups is 1. The molecule has 0 aromatic carbocycles. The summed E-state index contributed by atoms with van der Waals surface area (Å²) in [7, 11) is 1.20. The van der Waals surface area contributed by atoms with E-state index in [4.69, 9.17) is 11.6 Å². The standard InChI is InChI=1S/C10H9ClF2INO2/c1-17-8(16)2-5-7(3-11)15-4-6(14)9(5)10(12)13/h4,10H,2-3H2,1H3. The molecule has 1 heterocycles. The fourth-order valence-corrected chi connectivity index (χ4v) is 2.28. The lowest BCUT2D eigenvalue weighted by atomic mass is 10.0. The van der Waals surface area contributed by atoms with Gasteiger partial charge in [0, 0.05) is 15.3 Å². The number of ether oxygens (including phenoxy) is 1. The molecule has 1 rings (SSSR count). The number of methoxy groups -OCH3 is 1. The van der Waals surface area contributed by atoms with Gasteiger partial charge in [-0.05, 0) is 28.2 Å². The van der Waals surface area contributed by atoms with Gasteiger partial charge in [-0.25, -0.2) is 8.78 Å². The largest absolute Gasteiger partial charge is 0.469 e.